The topological polar surface area (TPSA) is 117 Å². The van der Waals surface area contributed by atoms with E-state index in [1.54, 1.807) is 31.3 Å². The summed E-state index contributed by atoms with van der Waals surface area (Å²) in [6.45, 7) is 3.42. The van der Waals surface area contributed by atoms with E-state index in [-0.39, 0.29) is 17.5 Å². The summed E-state index contributed by atoms with van der Waals surface area (Å²) in [4.78, 5) is 30.5. The Kier molecular flexibility index (Phi) is 6.58. The van der Waals surface area contributed by atoms with Crippen LogP contribution in [0, 0.1) is 25.2 Å². The van der Waals surface area contributed by atoms with Crippen LogP contribution in [0.25, 0.3) is 0 Å². The van der Waals surface area contributed by atoms with E-state index in [0.29, 0.717) is 40.0 Å². The van der Waals surface area contributed by atoms with Crippen LogP contribution in [0.15, 0.2) is 42.6 Å². The van der Waals surface area contributed by atoms with Crippen molar-refractivity contribution in [2.75, 3.05) is 10.6 Å². The summed E-state index contributed by atoms with van der Waals surface area (Å²) in [5.41, 5.74) is 2.13. The Morgan fingerprint density at radius 2 is 1.79 bits per heavy atom. The minimum atomic E-state index is -5.12. The molecule has 0 fully saturated rings. The number of benzene rings is 2. The lowest BCUT2D eigenvalue weighted by molar-refractivity contribution is -0.167. The van der Waals surface area contributed by atoms with Gasteiger partial charge in [0.25, 0.3) is 0 Å². The van der Waals surface area contributed by atoms with Crippen LogP contribution in [-0.2, 0) is 4.79 Å². The molecule has 0 radical (unpaired) electrons. The van der Waals surface area contributed by atoms with Crippen molar-refractivity contribution in [1.82, 2.24) is 9.97 Å². The number of ether oxygens (including phenoxy) is 1. The fourth-order valence-electron chi connectivity index (χ4n) is 2.86. The number of rotatable bonds is 6. The molecule has 0 unspecified atom stereocenters. The summed E-state index contributed by atoms with van der Waals surface area (Å²) < 4.78 is 43.9. The molecular formula is C22H16F3N5O3. The molecule has 2 N–H and O–H groups in total. The van der Waals surface area contributed by atoms with Gasteiger partial charge in [0.1, 0.15) is 17.7 Å². The van der Waals surface area contributed by atoms with Crippen LogP contribution in [-0.4, -0.2) is 28.3 Å². The van der Waals surface area contributed by atoms with Gasteiger partial charge in [0.2, 0.25) is 0 Å². The number of nitrogens with one attached hydrogen (secondary N) is 2. The van der Waals surface area contributed by atoms with Gasteiger partial charge in [0, 0.05) is 11.3 Å². The van der Waals surface area contributed by atoms with Crippen molar-refractivity contribution in [3.05, 3.63) is 64.8 Å². The van der Waals surface area contributed by atoms with E-state index in [1.165, 1.54) is 24.3 Å². The highest BCUT2D eigenvalue weighted by Gasteiger charge is 2.39. The number of hydrogen-bond acceptors (Lipinski definition) is 7. The molecule has 1 heterocycles. The van der Waals surface area contributed by atoms with Gasteiger partial charge in [0.05, 0.1) is 17.8 Å². The van der Waals surface area contributed by atoms with Crippen LogP contribution in [0.4, 0.5) is 30.4 Å². The third-order valence-corrected chi connectivity index (χ3v) is 4.36. The summed E-state index contributed by atoms with van der Waals surface area (Å²) in [6, 6.07) is 11.0. The molecular weight excluding hydrogens is 439 g/mol. The fraction of sp³-hybridized carbons (Fsp3) is 0.136. The Balaban J connectivity index is 1.98. The SMILES string of the molecule is Cc1cc(C=O)cc(C)c1Oc1ncc(NC(=O)C(F)(F)F)c(Nc2ccc(C#N)cc2)n1. The Morgan fingerprint density at radius 3 is 2.33 bits per heavy atom. The fourth-order valence-corrected chi connectivity index (χ4v) is 2.86. The first kappa shape index (κ1) is 23.2. The molecule has 1 aromatic heterocycles. The highest BCUT2D eigenvalue weighted by molar-refractivity contribution is 5.97. The predicted molar refractivity (Wildman–Crippen MR) is 113 cm³/mol. The molecule has 0 atom stereocenters. The molecule has 3 rings (SSSR count). The number of anilines is 3. The van der Waals surface area contributed by atoms with Crippen molar-refractivity contribution >= 4 is 29.4 Å². The number of aromatic nitrogens is 2. The maximum Gasteiger partial charge on any atom is 0.471 e. The first-order valence-electron chi connectivity index (χ1n) is 9.37. The molecule has 0 aliphatic heterocycles. The summed E-state index contributed by atoms with van der Waals surface area (Å²) in [7, 11) is 0. The molecule has 3 aromatic rings. The van der Waals surface area contributed by atoms with E-state index < -0.39 is 12.1 Å². The van der Waals surface area contributed by atoms with Crippen molar-refractivity contribution in [2.45, 2.75) is 20.0 Å². The van der Waals surface area contributed by atoms with Gasteiger partial charge in [-0.3, -0.25) is 9.59 Å². The van der Waals surface area contributed by atoms with E-state index in [0.717, 1.165) is 6.20 Å². The second-order valence-corrected chi connectivity index (χ2v) is 6.88. The number of carbonyl (C=O) groups excluding carboxylic acids is 2. The largest absolute Gasteiger partial charge is 0.471 e. The Bertz CT molecular complexity index is 1230. The van der Waals surface area contributed by atoms with Gasteiger partial charge in [-0.1, -0.05) is 0 Å². The maximum absolute atomic E-state index is 12.7. The molecule has 0 bridgehead atoms. The maximum atomic E-state index is 12.7. The number of amides is 1. The molecule has 8 nitrogen and oxygen atoms in total. The van der Waals surface area contributed by atoms with E-state index in [2.05, 4.69) is 15.3 Å². The van der Waals surface area contributed by atoms with E-state index >= 15 is 0 Å². The molecule has 2 aromatic carbocycles. The first-order chi connectivity index (χ1) is 15.6. The highest BCUT2D eigenvalue weighted by Crippen LogP contribution is 2.31. The lowest BCUT2D eigenvalue weighted by Crippen LogP contribution is -2.30. The summed E-state index contributed by atoms with van der Waals surface area (Å²) in [6.07, 6.45) is -3.45. The number of aldehydes is 1. The number of halogens is 3. The minimum absolute atomic E-state index is 0.165. The monoisotopic (exact) mass is 455 g/mol. The van der Waals surface area contributed by atoms with E-state index in [4.69, 9.17) is 10.00 Å². The summed E-state index contributed by atoms with van der Waals surface area (Å²) >= 11 is 0. The number of hydrogen-bond donors (Lipinski definition) is 2. The number of carbonyl (C=O) groups is 2. The lowest BCUT2D eigenvalue weighted by atomic mass is 10.1. The highest BCUT2D eigenvalue weighted by atomic mass is 19.4. The first-order valence-corrected chi connectivity index (χ1v) is 9.37. The molecule has 0 aliphatic carbocycles. The average molecular weight is 455 g/mol. The van der Waals surface area contributed by atoms with Crippen LogP contribution in [0.2, 0.25) is 0 Å². The number of nitriles is 1. The smallest absolute Gasteiger partial charge is 0.424 e. The summed E-state index contributed by atoms with van der Waals surface area (Å²) in [5, 5.41) is 13.4. The van der Waals surface area contributed by atoms with Gasteiger partial charge in [-0.2, -0.15) is 23.4 Å². The quantitative estimate of drug-likeness (QED) is 0.512. The molecule has 1 amide bonds. The van der Waals surface area contributed by atoms with Crippen LogP contribution in [0.1, 0.15) is 27.0 Å². The number of aryl methyl sites for hydroxylation is 2. The van der Waals surface area contributed by atoms with Crippen molar-refractivity contribution in [2.24, 2.45) is 0 Å². The molecule has 0 aliphatic rings. The minimum Gasteiger partial charge on any atom is -0.424 e. The second kappa shape index (κ2) is 9.35. The third kappa shape index (κ3) is 5.62. The third-order valence-electron chi connectivity index (χ3n) is 4.36. The zero-order chi connectivity index (χ0) is 24.2. The van der Waals surface area contributed by atoms with E-state index in [1.807, 2.05) is 6.07 Å². The van der Waals surface area contributed by atoms with Crippen LogP contribution in [0.5, 0.6) is 11.8 Å². The molecule has 168 valence electrons. The van der Waals surface area contributed by atoms with Crippen LogP contribution in [0.3, 0.4) is 0 Å². The molecule has 11 heteroatoms. The summed E-state index contributed by atoms with van der Waals surface area (Å²) in [5.74, 6) is -1.99. The Labute approximate surface area is 186 Å². The van der Waals surface area contributed by atoms with Crippen molar-refractivity contribution in [3.63, 3.8) is 0 Å². The molecule has 33 heavy (non-hydrogen) atoms. The normalized spacial score (nSPS) is 10.8. The zero-order valence-corrected chi connectivity index (χ0v) is 17.3. The lowest BCUT2D eigenvalue weighted by Gasteiger charge is -2.15. The molecule has 0 spiro atoms. The average Bonchev–Trinajstić information content (AvgIpc) is 2.77. The van der Waals surface area contributed by atoms with Crippen LogP contribution < -0.4 is 15.4 Å². The zero-order valence-electron chi connectivity index (χ0n) is 17.3. The van der Waals surface area contributed by atoms with Gasteiger partial charge < -0.3 is 15.4 Å². The number of nitrogens with zero attached hydrogens (tertiary/aromatic N) is 3. The van der Waals surface area contributed by atoms with Crippen LogP contribution >= 0.6 is 0 Å². The molecule has 0 saturated carbocycles. The Hall–Kier alpha value is -4.46. The Morgan fingerprint density at radius 1 is 1.15 bits per heavy atom. The van der Waals surface area contributed by atoms with Gasteiger partial charge in [-0.25, -0.2) is 4.98 Å². The van der Waals surface area contributed by atoms with Gasteiger partial charge >= 0.3 is 18.1 Å². The van der Waals surface area contributed by atoms with Crippen molar-refractivity contribution < 1.29 is 27.5 Å². The molecule has 0 saturated heterocycles. The van der Waals surface area contributed by atoms with Gasteiger partial charge in [0.15, 0.2) is 5.82 Å². The standard InChI is InChI=1S/C22H16F3N5O3/c1-12-7-15(11-31)8-13(2)18(12)33-21-27-10-17(29-20(32)22(23,24)25)19(30-21)28-16-5-3-14(9-26)4-6-16/h3-8,10-11H,1-2H3,(H,29,32)(H,27,28,30). The predicted octanol–water partition coefficient (Wildman–Crippen LogP) is 4.81. The van der Waals surface area contributed by atoms with Gasteiger partial charge in [-0.15, -0.1) is 0 Å². The second-order valence-electron chi connectivity index (χ2n) is 6.88. The van der Waals surface area contributed by atoms with E-state index in [9.17, 15) is 22.8 Å². The van der Waals surface area contributed by atoms with Crippen molar-refractivity contribution in [1.29, 1.82) is 5.26 Å². The van der Waals surface area contributed by atoms with Crippen molar-refractivity contribution in [3.8, 4) is 17.8 Å². The number of alkyl halides is 3. The van der Waals surface area contributed by atoms with Gasteiger partial charge in [-0.05, 0) is 61.4 Å².